The molecule has 0 saturated heterocycles. The van der Waals surface area contributed by atoms with Gasteiger partial charge in [-0.1, -0.05) is 13.8 Å². The van der Waals surface area contributed by atoms with Crippen LogP contribution in [-0.2, 0) is 10.0 Å². The van der Waals surface area contributed by atoms with Crippen molar-refractivity contribution in [3.63, 3.8) is 0 Å². The van der Waals surface area contributed by atoms with Crippen molar-refractivity contribution in [2.75, 3.05) is 31.9 Å². The average Bonchev–Trinajstić information content (AvgIpc) is 2.61. The molecule has 0 unspecified atom stereocenters. The van der Waals surface area contributed by atoms with Crippen LogP contribution in [0, 0.1) is 18.2 Å². The predicted octanol–water partition coefficient (Wildman–Crippen LogP) is 3.25. The summed E-state index contributed by atoms with van der Waals surface area (Å²) < 4.78 is 40.8. The lowest BCUT2D eigenvalue weighted by atomic mass is 9.93. The van der Waals surface area contributed by atoms with Gasteiger partial charge >= 0.3 is 0 Å². The first kappa shape index (κ1) is 22.8. The van der Waals surface area contributed by atoms with Crippen molar-refractivity contribution in [3.05, 3.63) is 59.4 Å². The molecule has 0 radical (unpaired) electrons. The number of nitrogens with one attached hydrogen (secondary N) is 2. The van der Waals surface area contributed by atoms with E-state index in [0.717, 1.165) is 12.6 Å². The van der Waals surface area contributed by atoms with Crippen molar-refractivity contribution in [1.29, 1.82) is 0 Å². The summed E-state index contributed by atoms with van der Waals surface area (Å²) in [4.78, 5) is 14.4. The van der Waals surface area contributed by atoms with Crippen LogP contribution in [0.25, 0.3) is 0 Å². The molecule has 2 aromatic rings. The number of hydrogen-bond donors (Lipinski definition) is 2. The van der Waals surface area contributed by atoms with E-state index in [1.165, 1.54) is 31.2 Å². The topological polar surface area (TPSA) is 78.5 Å². The number of benzene rings is 2. The number of carbonyl (C=O) groups excluding carboxylic acids is 1. The Bertz CT molecular complexity index is 971. The van der Waals surface area contributed by atoms with Gasteiger partial charge in [0.05, 0.1) is 4.90 Å². The zero-order chi connectivity index (χ0) is 21.8. The summed E-state index contributed by atoms with van der Waals surface area (Å²) in [5.74, 6) is -0.687. The quantitative estimate of drug-likeness (QED) is 0.686. The first-order valence-corrected chi connectivity index (χ1v) is 10.7. The van der Waals surface area contributed by atoms with E-state index in [0.29, 0.717) is 17.8 Å². The van der Waals surface area contributed by atoms with E-state index in [1.807, 2.05) is 14.1 Å². The molecule has 0 aliphatic heterocycles. The highest BCUT2D eigenvalue weighted by Gasteiger charge is 2.20. The molecule has 2 rings (SSSR count). The van der Waals surface area contributed by atoms with E-state index >= 15 is 0 Å². The lowest BCUT2D eigenvalue weighted by molar-refractivity contribution is 0.0929. The maximum absolute atomic E-state index is 13.4. The van der Waals surface area contributed by atoms with Crippen molar-refractivity contribution < 1.29 is 17.6 Å². The largest absolute Gasteiger partial charge is 0.351 e. The number of carbonyl (C=O) groups is 1. The van der Waals surface area contributed by atoms with Gasteiger partial charge in [0, 0.05) is 24.3 Å². The third kappa shape index (κ3) is 6.54. The second-order valence-corrected chi connectivity index (χ2v) is 9.86. The van der Waals surface area contributed by atoms with Gasteiger partial charge in [-0.25, -0.2) is 12.8 Å². The lowest BCUT2D eigenvalue weighted by Gasteiger charge is -2.28. The molecule has 29 heavy (non-hydrogen) atoms. The standard InChI is InChI=1S/C21H28FN3O3S/c1-15-12-18(10-11-19(15)22)29(27,28)24-17-8-6-16(7-9-17)20(26)23-13-21(2,3)14-25(4)5/h6-12,24H,13-14H2,1-5H3,(H,23,26). The first-order valence-electron chi connectivity index (χ1n) is 9.22. The molecule has 8 heteroatoms. The minimum absolute atomic E-state index is 0.0265. The van der Waals surface area contributed by atoms with Crippen LogP contribution in [-0.4, -0.2) is 46.4 Å². The molecule has 0 fully saturated rings. The molecule has 2 N–H and O–H groups in total. The molecule has 1 amide bonds. The highest BCUT2D eigenvalue weighted by molar-refractivity contribution is 7.92. The van der Waals surface area contributed by atoms with Crippen LogP contribution < -0.4 is 10.0 Å². The molecule has 0 aliphatic carbocycles. The molecule has 0 spiro atoms. The monoisotopic (exact) mass is 421 g/mol. The van der Waals surface area contributed by atoms with E-state index in [-0.39, 0.29) is 21.8 Å². The molecule has 2 aromatic carbocycles. The molecule has 158 valence electrons. The van der Waals surface area contributed by atoms with Gasteiger partial charge in [-0.3, -0.25) is 9.52 Å². The van der Waals surface area contributed by atoms with Gasteiger partial charge in [-0.15, -0.1) is 0 Å². The first-order chi connectivity index (χ1) is 13.4. The van der Waals surface area contributed by atoms with E-state index in [9.17, 15) is 17.6 Å². The van der Waals surface area contributed by atoms with E-state index in [4.69, 9.17) is 0 Å². The number of aryl methyl sites for hydroxylation is 1. The Hall–Kier alpha value is -2.45. The maximum atomic E-state index is 13.4. The molecular formula is C21H28FN3O3S. The fraction of sp³-hybridized carbons (Fsp3) is 0.381. The highest BCUT2D eigenvalue weighted by Crippen LogP contribution is 2.19. The van der Waals surface area contributed by atoms with Gasteiger partial charge in [-0.05, 0) is 74.5 Å². The van der Waals surface area contributed by atoms with Crippen LogP contribution in [0.3, 0.4) is 0 Å². The van der Waals surface area contributed by atoms with Crippen molar-refractivity contribution in [2.24, 2.45) is 5.41 Å². The molecule has 0 saturated carbocycles. The number of sulfonamides is 1. The van der Waals surface area contributed by atoms with E-state index in [1.54, 1.807) is 12.1 Å². The molecule has 0 aromatic heterocycles. The third-order valence-corrected chi connectivity index (χ3v) is 5.69. The number of amides is 1. The third-order valence-electron chi connectivity index (χ3n) is 4.31. The Balaban J connectivity index is 2.04. The molecule has 0 aliphatic rings. The van der Waals surface area contributed by atoms with Gasteiger partial charge < -0.3 is 10.2 Å². The molecule has 0 bridgehead atoms. The summed E-state index contributed by atoms with van der Waals surface area (Å²) in [6.07, 6.45) is 0. The van der Waals surface area contributed by atoms with Crippen LogP contribution in [0.2, 0.25) is 0 Å². The summed E-state index contributed by atoms with van der Waals surface area (Å²) in [5.41, 5.74) is 0.918. The Labute approximate surface area is 172 Å². The maximum Gasteiger partial charge on any atom is 0.261 e. The summed E-state index contributed by atoms with van der Waals surface area (Å²) >= 11 is 0. The van der Waals surface area contributed by atoms with Crippen LogP contribution in [0.15, 0.2) is 47.4 Å². The zero-order valence-electron chi connectivity index (χ0n) is 17.4. The van der Waals surface area contributed by atoms with Crippen LogP contribution in [0.5, 0.6) is 0 Å². The zero-order valence-corrected chi connectivity index (χ0v) is 18.2. The second-order valence-electron chi connectivity index (χ2n) is 8.18. The number of anilines is 1. The number of hydrogen-bond acceptors (Lipinski definition) is 4. The van der Waals surface area contributed by atoms with Gasteiger partial charge in [0.1, 0.15) is 5.82 Å². The minimum atomic E-state index is -3.85. The average molecular weight is 422 g/mol. The molecule has 0 atom stereocenters. The second kappa shape index (κ2) is 8.92. The van der Waals surface area contributed by atoms with Crippen molar-refractivity contribution in [1.82, 2.24) is 10.2 Å². The van der Waals surface area contributed by atoms with E-state index in [2.05, 4.69) is 28.8 Å². The van der Waals surface area contributed by atoms with Gasteiger partial charge in [-0.2, -0.15) is 0 Å². The summed E-state index contributed by atoms with van der Waals surface area (Å²) in [6, 6.07) is 9.76. The summed E-state index contributed by atoms with van der Waals surface area (Å²) in [7, 11) is 0.117. The number of halogens is 1. The van der Waals surface area contributed by atoms with Gasteiger partial charge in [0.15, 0.2) is 0 Å². The van der Waals surface area contributed by atoms with Crippen molar-refractivity contribution >= 4 is 21.6 Å². The molecule has 0 heterocycles. The molecule has 6 nitrogen and oxygen atoms in total. The smallest absolute Gasteiger partial charge is 0.261 e. The Morgan fingerprint density at radius 2 is 1.72 bits per heavy atom. The van der Waals surface area contributed by atoms with Gasteiger partial charge in [0.2, 0.25) is 0 Å². The van der Waals surface area contributed by atoms with Crippen LogP contribution in [0.4, 0.5) is 10.1 Å². The predicted molar refractivity (Wildman–Crippen MR) is 113 cm³/mol. The number of nitrogens with zero attached hydrogens (tertiary/aromatic N) is 1. The Morgan fingerprint density at radius 3 is 2.28 bits per heavy atom. The Morgan fingerprint density at radius 1 is 1.10 bits per heavy atom. The molecular weight excluding hydrogens is 393 g/mol. The van der Waals surface area contributed by atoms with E-state index < -0.39 is 15.8 Å². The minimum Gasteiger partial charge on any atom is -0.351 e. The number of rotatable bonds is 8. The fourth-order valence-corrected chi connectivity index (χ4v) is 4.16. The van der Waals surface area contributed by atoms with Crippen LogP contribution in [0.1, 0.15) is 29.8 Å². The fourth-order valence-electron chi connectivity index (χ4n) is 3.02. The lowest BCUT2D eigenvalue weighted by Crippen LogP contribution is -2.39. The van der Waals surface area contributed by atoms with Crippen LogP contribution >= 0.6 is 0 Å². The normalized spacial score (nSPS) is 12.1. The van der Waals surface area contributed by atoms with Crippen molar-refractivity contribution in [2.45, 2.75) is 25.7 Å². The summed E-state index contributed by atoms with van der Waals surface area (Å²) in [6.45, 7) is 6.99. The highest BCUT2D eigenvalue weighted by atomic mass is 32.2. The van der Waals surface area contributed by atoms with Crippen molar-refractivity contribution in [3.8, 4) is 0 Å². The Kier molecular flexibility index (Phi) is 7.02. The summed E-state index contributed by atoms with van der Waals surface area (Å²) in [5, 5.41) is 2.91. The SMILES string of the molecule is Cc1cc(S(=O)(=O)Nc2ccc(C(=O)NCC(C)(C)CN(C)C)cc2)ccc1F. The van der Waals surface area contributed by atoms with Gasteiger partial charge in [0.25, 0.3) is 15.9 Å².